The molecular weight excluding hydrogens is 440 g/mol. The molecule has 1 unspecified atom stereocenters. The lowest BCUT2D eigenvalue weighted by Gasteiger charge is -2.34. The molecule has 5 amide bonds. The summed E-state index contributed by atoms with van der Waals surface area (Å²) in [6.45, 7) is 5.88. The van der Waals surface area contributed by atoms with Crippen molar-refractivity contribution >= 4 is 23.8 Å². The Balaban J connectivity index is 1.45. The Hall–Kier alpha value is -3.02. The molecule has 0 saturated carbocycles. The van der Waals surface area contributed by atoms with E-state index in [0.717, 1.165) is 11.4 Å². The van der Waals surface area contributed by atoms with Crippen molar-refractivity contribution in [3.8, 4) is 0 Å². The van der Waals surface area contributed by atoms with Crippen LogP contribution in [-0.4, -0.2) is 98.1 Å². The van der Waals surface area contributed by atoms with Crippen LogP contribution in [0.15, 0.2) is 30.3 Å². The zero-order chi connectivity index (χ0) is 24.6. The van der Waals surface area contributed by atoms with Gasteiger partial charge in [-0.25, -0.2) is 4.79 Å². The van der Waals surface area contributed by atoms with Crippen LogP contribution in [0, 0.1) is 0 Å². The van der Waals surface area contributed by atoms with Crippen LogP contribution >= 0.6 is 0 Å². The summed E-state index contributed by atoms with van der Waals surface area (Å²) in [5.74, 6) is -0.965. The summed E-state index contributed by atoms with van der Waals surface area (Å²) in [4.78, 5) is 54.3. The van der Waals surface area contributed by atoms with E-state index >= 15 is 0 Å². The molecule has 2 aliphatic heterocycles. The number of hydrogen-bond donors (Lipinski definition) is 3. The van der Waals surface area contributed by atoms with Gasteiger partial charge in [0.05, 0.1) is 13.1 Å². The molecule has 1 aromatic carbocycles. The van der Waals surface area contributed by atoms with E-state index in [1.165, 1.54) is 0 Å². The molecule has 1 aromatic rings. The number of carbonyl (C=O) groups is 4. The number of urea groups is 1. The third-order valence-electron chi connectivity index (χ3n) is 6.17. The van der Waals surface area contributed by atoms with Gasteiger partial charge in [0, 0.05) is 46.4 Å². The zero-order valence-electron chi connectivity index (χ0n) is 19.8. The monoisotopic (exact) mass is 474 g/mol. The number of carbonyl (C=O) groups excluding carboxylic acids is 4. The molecule has 0 radical (unpaired) electrons. The quantitative estimate of drug-likeness (QED) is 0.296. The maximum atomic E-state index is 13.1. The molecule has 186 valence electrons. The fourth-order valence-electron chi connectivity index (χ4n) is 4.21. The van der Waals surface area contributed by atoms with Gasteiger partial charge < -0.3 is 15.4 Å². The maximum Gasteiger partial charge on any atom is 0.344 e. The van der Waals surface area contributed by atoms with Gasteiger partial charge >= 0.3 is 6.03 Å². The fraction of sp³-hybridized carbons (Fsp3) is 0.565. The lowest BCUT2D eigenvalue weighted by molar-refractivity contribution is -0.140. The van der Waals surface area contributed by atoms with Gasteiger partial charge in [0.15, 0.2) is 0 Å². The van der Waals surface area contributed by atoms with Crippen molar-refractivity contribution in [2.75, 3.05) is 59.5 Å². The third kappa shape index (κ3) is 6.10. The van der Waals surface area contributed by atoms with Crippen LogP contribution in [0.2, 0.25) is 0 Å². The minimum atomic E-state index is -1.19. The first-order chi connectivity index (χ1) is 16.4. The summed E-state index contributed by atoms with van der Waals surface area (Å²) in [5.41, 5.74) is 1.94. The van der Waals surface area contributed by atoms with Crippen LogP contribution in [0.3, 0.4) is 0 Å². The number of ether oxygens (including phenoxy) is 1. The zero-order valence-corrected chi connectivity index (χ0v) is 19.8. The summed E-state index contributed by atoms with van der Waals surface area (Å²) < 4.78 is 4.96. The standard InChI is InChI=1S/C23H34N6O5/c1-3-23(18-8-5-4-6-9-18)21(32)29(22(33)25-23)26-20(31)17-28-13-11-27(12-14-28)16-19(30)24-10-7-15-34-2/h4-6,8-9H,3,7,10-17H2,1-2H3,(H,24,30)(H,25,33)(H,26,31). The highest BCUT2D eigenvalue weighted by molar-refractivity contribution is 6.08. The Bertz CT molecular complexity index is 874. The van der Waals surface area contributed by atoms with Crippen molar-refractivity contribution in [1.29, 1.82) is 0 Å². The second-order valence-electron chi connectivity index (χ2n) is 8.48. The number of hydrogen-bond acceptors (Lipinski definition) is 7. The number of nitrogens with one attached hydrogen (secondary N) is 3. The number of hydrazine groups is 1. The minimum absolute atomic E-state index is 0.0290. The molecule has 11 nitrogen and oxygen atoms in total. The molecule has 34 heavy (non-hydrogen) atoms. The van der Waals surface area contributed by atoms with Crippen molar-refractivity contribution in [1.82, 2.24) is 30.9 Å². The van der Waals surface area contributed by atoms with E-state index in [0.29, 0.717) is 57.9 Å². The van der Waals surface area contributed by atoms with Crippen molar-refractivity contribution < 1.29 is 23.9 Å². The maximum absolute atomic E-state index is 13.1. The van der Waals surface area contributed by atoms with E-state index in [1.807, 2.05) is 22.8 Å². The number of piperazine rings is 1. The van der Waals surface area contributed by atoms with Crippen molar-refractivity contribution in [2.24, 2.45) is 0 Å². The van der Waals surface area contributed by atoms with Gasteiger partial charge in [-0.15, -0.1) is 0 Å². The predicted octanol–water partition coefficient (Wildman–Crippen LogP) is -0.355. The van der Waals surface area contributed by atoms with Gasteiger partial charge in [0.2, 0.25) is 5.91 Å². The van der Waals surface area contributed by atoms with Crippen molar-refractivity contribution in [3.63, 3.8) is 0 Å². The highest BCUT2D eigenvalue weighted by atomic mass is 16.5. The Labute approximate surface area is 199 Å². The summed E-state index contributed by atoms with van der Waals surface area (Å²) >= 11 is 0. The van der Waals surface area contributed by atoms with Gasteiger partial charge in [0.25, 0.3) is 11.8 Å². The summed E-state index contributed by atoms with van der Waals surface area (Å²) in [7, 11) is 1.63. The van der Waals surface area contributed by atoms with Crippen LogP contribution in [0.1, 0.15) is 25.3 Å². The van der Waals surface area contributed by atoms with Crippen molar-refractivity contribution in [2.45, 2.75) is 25.3 Å². The molecule has 2 aliphatic rings. The number of nitrogens with zero attached hydrogens (tertiary/aromatic N) is 3. The van der Waals surface area contributed by atoms with Crippen LogP contribution in [0.4, 0.5) is 4.79 Å². The second-order valence-corrected chi connectivity index (χ2v) is 8.48. The Morgan fingerprint density at radius 2 is 1.65 bits per heavy atom. The topological polar surface area (TPSA) is 123 Å². The minimum Gasteiger partial charge on any atom is -0.385 e. The molecule has 3 rings (SSSR count). The number of amides is 5. The van der Waals surface area contributed by atoms with Crippen LogP contribution in [0.5, 0.6) is 0 Å². The molecule has 2 fully saturated rings. The molecule has 0 aliphatic carbocycles. The van der Waals surface area contributed by atoms with Crippen LogP contribution in [0.25, 0.3) is 0 Å². The molecule has 11 heteroatoms. The normalized spacial score (nSPS) is 21.4. The highest BCUT2D eigenvalue weighted by Gasteiger charge is 2.52. The first kappa shape index (κ1) is 25.6. The van der Waals surface area contributed by atoms with Crippen molar-refractivity contribution in [3.05, 3.63) is 35.9 Å². The molecule has 2 saturated heterocycles. The number of benzene rings is 1. The molecule has 0 spiro atoms. The summed E-state index contributed by atoms with van der Waals surface area (Å²) in [5, 5.41) is 6.39. The SMILES string of the molecule is CCC1(c2ccccc2)NC(=O)N(NC(=O)CN2CCN(CC(=O)NCCCOC)CC2)C1=O. The lowest BCUT2D eigenvalue weighted by Crippen LogP contribution is -2.54. The first-order valence-electron chi connectivity index (χ1n) is 11.6. The summed E-state index contributed by atoms with van der Waals surface area (Å²) in [6.07, 6.45) is 1.13. The van der Waals surface area contributed by atoms with E-state index in [9.17, 15) is 19.2 Å². The van der Waals surface area contributed by atoms with E-state index in [1.54, 1.807) is 31.4 Å². The molecular formula is C23H34N6O5. The van der Waals surface area contributed by atoms with Gasteiger partial charge in [0.1, 0.15) is 5.54 Å². The smallest absolute Gasteiger partial charge is 0.344 e. The molecule has 1 atom stereocenters. The van der Waals surface area contributed by atoms with Gasteiger partial charge in [-0.05, 0) is 18.4 Å². The second kappa shape index (κ2) is 11.9. The van der Waals surface area contributed by atoms with Gasteiger partial charge in [-0.2, -0.15) is 5.01 Å². The highest BCUT2D eigenvalue weighted by Crippen LogP contribution is 2.31. The molecule has 0 aromatic heterocycles. The molecule has 2 heterocycles. The Morgan fingerprint density at radius 3 is 2.24 bits per heavy atom. The van der Waals surface area contributed by atoms with Crippen LogP contribution in [-0.2, 0) is 24.7 Å². The average molecular weight is 475 g/mol. The van der Waals surface area contributed by atoms with Gasteiger partial charge in [-0.1, -0.05) is 37.3 Å². The number of imide groups is 1. The molecule has 0 bridgehead atoms. The van der Waals surface area contributed by atoms with E-state index in [2.05, 4.69) is 16.1 Å². The Morgan fingerprint density at radius 1 is 1.03 bits per heavy atom. The number of rotatable bonds is 11. The van der Waals surface area contributed by atoms with Gasteiger partial charge in [-0.3, -0.25) is 29.6 Å². The predicted molar refractivity (Wildman–Crippen MR) is 124 cm³/mol. The van der Waals surface area contributed by atoms with E-state index in [-0.39, 0.29) is 12.5 Å². The Kier molecular flexibility index (Phi) is 8.97. The van der Waals surface area contributed by atoms with E-state index < -0.39 is 23.4 Å². The third-order valence-corrected chi connectivity index (χ3v) is 6.17. The fourth-order valence-corrected chi connectivity index (χ4v) is 4.21. The summed E-state index contributed by atoms with van der Waals surface area (Å²) in [6, 6.07) is 8.36. The van der Waals surface area contributed by atoms with Crippen LogP contribution < -0.4 is 16.1 Å². The number of methoxy groups -OCH3 is 1. The average Bonchev–Trinajstić information content (AvgIpc) is 3.09. The lowest BCUT2D eigenvalue weighted by atomic mass is 9.87. The molecule has 3 N–H and O–H groups in total. The largest absolute Gasteiger partial charge is 0.385 e. The first-order valence-corrected chi connectivity index (χ1v) is 11.6. The van der Waals surface area contributed by atoms with E-state index in [4.69, 9.17) is 4.74 Å².